The minimum absolute atomic E-state index is 0. The Morgan fingerprint density at radius 1 is 1.45 bits per heavy atom. The number of nitrogens with two attached hydrogens (primary N) is 1. The molecule has 0 saturated heterocycles. The van der Waals surface area contributed by atoms with E-state index in [2.05, 4.69) is 9.97 Å². The molecule has 0 spiro atoms. The fourth-order valence-corrected chi connectivity index (χ4v) is 0.436. The molecule has 0 saturated carbocycles. The van der Waals surface area contributed by atoms with Gasteiger partial charge in [-0.05, 0) is 6.07 Å². The molecule has 2 N–H and O–H groups in total. The number of carbonyl (C=O) groups is 1. The Bertz CT molecular complexity index is 216. The van der Waals surface area contributed by atoms with E-state index in [-0.39, 0.29) is 30.5 Å². The molecule has 0 unspecified atom stereocenters. The lowest BCUT2D eigenvalue weighted by Gasteiger charge is -1.87. The van der Waals surface area contributed by atoms with Gasteiger partial charge in [-0.1, -0.05) is 0 Å². The third kappa shape index (κ3) is 3.75. The first-order valence-corrected chi connectivity index (χ1v) is 2.36. The minimum atomic E-state index is -0.530. The highest BCUT2D eigenvalue weighted by molar-refractivity contribution is 5.90. The molecule has 62 valence electrons. The quantitative estimate of drug-likeness (QED) is 0.707. The van der Waals surface area contributed by atoms with Gasteiger partial charge in [0.15, 0.2) is 0 Å². The van der Waals surface area contributed by atoms with Gasteiger partial charge in [-0.15, -0.1) is 24.8 Å². The smallest absolute Gasteiger partial charge is 0.267 e. The van der Waals surface area contributed by atoms with Crippen LogP contribution >= 0.6 is 24.8 Å². The molecule has 11 heavy (non-hydrogen) atoms. The summed E-state index contributed by atoms with van der Waals surface area (Å²) in [6.45, 7) is 0. The highest BCUT2D eigenvalue weighted by Crippen LogP contribution is 1.85. The molecular weight excluding hydrogens is 189 g/mol. The molecule has 0 fully saturated rings. The maximum atomic E-state index is 10.3. The van der Waals surface area contributed by atoms with Crippen LogP contribution in [0.5, 0.6) is 0 Å². The van der Waals surface area contributed by atoms with E-state index in [4.69, 9.17) is 5.73 Å². The lowest BCUT2D eigenvalue weighted by Crippen LogP contribution is -2.12. The molecule has 0 aliphatic heterocycles. The summed E-state index contributed by atoms with van der Waals surface area (Å²) in [5.41, 5.74) is 5.13. The van der Waals surface area contributed by atoms with Crippen molar-refractivity contribution in [1.29, 1.82) is 0 Å². The van der Waals surface area contributed by atoms with E-state index in [0.717, 1.165) is 0 Å². The summed E-state index contributed by atoms with van der Waals surface area (Å²) in [6, 6.07) is 1.46. The summed E-state index contributed by atoms with van der Waals surface area (Å²) in [4.78, 5) is 17.5. The highest BCUT2D eigenvalue weighted by Gasteiger charge is 1.96. The molecular formula is C5H7Cl2N3O. The number of nitrogens with zero attached hydrogens (tertiary/aromatic N) is 2. The predicted octanol–water partition coefficient (Wildman–Crippen LogP) is 0.419. The number of halogens is 2. The number of hydrogen-bond acceptors (Lipinski definition) is 3. The van der Waals surface area contributed by atoms with Crippen LogP contribution in [0, 0.1) is 0 Å². The first kappa shape index (κ1) is 12.8. The molecule has 0 aromatic carbocycles. The molecule has 0 aliphatic rings. The van der Waals surface area contributed by atoms with E-state index in [0.29, 0.717) is 0 Å². The maximum absolute atomic E-state index is 10.3. The van der Waals surface area contributed by atoms with Crippen LogP contribution in [-0.2, 0) is 0 Å². The topological polar surface area (TPSA) is 68.9 Å². The largest absolute Gasteiger partial charge is 0.364 e. The van der Waals surface area contributed by atoms with Gasteiger partial charge in [0.25, 0.3) is 5.91 Å². The first-order valence-electron chi connectivity index (χ1n) is 2.36. The normalized spacial score (nSPS) is 7.27. The van der Waals surface area contributed by atoms with Gasteiger partial charge in [-0.3, -0.25) is 4.79 Å². The molecule has 4 nitrogen and oxygen atoms in total. The predicted molar refractivity (Wildman–Crippen MR) is 45.0 cm³/mol. The Kier molecular flexibility index (Phi) is 6.83. The highest BCUT2D eigenvalue weighted by atomic mass is 35.5. The standard InChI is InChI=1S/C5H5N3O.2ClH/c6-5(9)4-1-2-7-3-8-4;;/h1-3H,(H2,6,9);2*1H. The summed E-state index contributed by atoms with van der Waals surface area (Å²) in [6.07, 6.45) is 2.74. The van der Waals surface area contributed by atoms with Gasteiger partial charge in [-0.25, -0.2) is 9.97 Å². The Balaban J connectivity index is 0. The molecule has 1 aromatic rings. The molecule has 0 aliphatic carbocycles. The average molecular weight is 196 g/mol. The van der Waals surface area contributed by atoms with Crippen LogP contribution in [0.1, 0.15) is 10.5 Å². The molecule has 0 radical (unpaired) electrons. The third-order valence-corrected chi connectivity index (χ3v) is 0.834. The second-order valence-electron chi connectivity index (χ2n) is 1.46. The van der Waals surface area contributed by atoms with E-state index >= 15 is 0 Å². The fourth-order valence-electron chi connectivity index (χ4n) is 0.436. The number of amides is 1. The van der Waals surface area contributed by atoms with Crippen molar-refractivity contribution in [3.8, 4) is 0 Å². The van der Waals surface area contributed by atoms with Crippen LogP contribution in [-0.4, -0.2) is 15.9 Å². The molecule has 1 aromatic heterocycles. The van der Waals surface area contributed by atoms with Gasteiger partial charge in [0.1, 0.15) is 12.0 Å². The van der Waals surface area contributed by atoms with Crippen molar-refractivity contribution < 1.29 is 4.79 Å². The summed E-state index contributed by atoms with van der Waals surface area (Å²) in [5, 5.41) is 0. The van der Waals surface area contributed by atoms with Crippen molar-refractivity contribution >= 4 is 30.7 Å². The summed E-state index contributed by atoms with van der Waals surface area (Å²) < 4.78 is 0. The fraction of sp³-hybridized carbons (Fsp3) is 0. The van der Waals surface area contributed by atoms with Gasteiger partial charge in [0, 0.05) is 6.20 Å². The maximum Gasteiger partial charge on any atom is 0.267 e. The van der Waals surface area contributed by atoms with Gasteiger partial charge >= 0.3 is 0 Å². The number of hydrogen-bond donors (Lipinski definition) is 1. The van der Waals surface area contributed by atoms with Crippen LogP contribution in [0.4, 0.5) is 0 Å². The molecule has 1 heterocycles. The Morgan fingerprint density at radius 3 is 2.36 bits per heavy atom. The van der Waals surface area contributed by atoms with Crippen molar-refractivity contribution in [3.05, 3.63) is 24.3 Å². The van der Waals surface area contributed by atoms with Crippen LogP contribution in [0.2, 0.25) is 0 Å². The van der Waals surface area contributed by atoms with E-state index in [9.17, 15) is 4.79 Å². The van der Waals surface area contributed by atoms with E-state index in [1.54, 1.807) is 0 Å². The Labute approximate surface area is 76.0 Å². The van der Waals surface area contributed by atoms with Crippen LogP contribution in [0.3, 0.4) is 0 Å². The monoisotopic (exact) mass is 195 g/mol. The van der Waals surface area contributed by atoms with Crippen LogP contribution in [0.15, 0.2) is 18.6 Å². The third-order valence-electron chi connectivity index (χ3n) is 0.834. The van der Waals surface area contributed by atoms with Crippen molar-refractivity contribution in [3.63, 3.8) is 0 Å². The minimum Gasteiger partial charge on any atom is -0.364 e. The molecule has 1 amide bonds. The van der Waals surface area contributed by atoms with Gasteiger partial charge in [0.05, 0.1) is 0 Å². The SMILES string of the molecule is Cl.Cl.NC(=O)c1ccncn1. The molecule has 6 heteroatoms. The van der Waals surface area contributed by atoms with Crippen LogP contribution < -0.4 is 5.73 Å². The molecule has 0 bridgehead atoms. The van der Waals surface area contributed by atoms with Crippen molar-refractivity contribution in [1.82, 2.24) is 9.97 Å². The zero-order valence-electron chi connectivity index (χ0n) is 5.43. The second-order valence-corrected chi connectivity index (χ2v) is 1.46. The van der Waals surface area contributed by atoms with E-state index < -0.39 is 5.91 Å². The Hall–Kier alpha value is -0.870. The van der Waals surface area contributed by atoms with E-state index in [1.165, 1.54) is 18.6 Å². The van der Waals surface area contributed by atoms with Gasteiger partial charge in [0.2, 0.25) is 0 Å². The van der Waals surface area contributed by atoms with Crippen molar-refractivity contribution in [2.75, 3.05) is 0 Å². The summed E-state index contributed by atoms with van der Waals surface area (Å²) >= 11 is 0. The second kappa shape index (κ2) is 5.88. The number of aromatic nitrogens is 2. The number of primary amides is 1. The average Bonchev–Trinajstić information content (AvgIpc) is 1.90. The lowest BCUT2D eigenvalue weighted by molar-refractivity contribution is 0.0995. The number of carbonyl (C=O) groups excluding carboxylic acids is 1. The number of rotatable bonds is 1. The molecule has 1 rings (SSSR count). The van der Waals surface area contributed by atoms with Crippen molar-refractivity contribution in [2.45, 2.75) is 0 Å². The zero-order chi connectivity index (χ0) is 6.69. The summed E-state index contributed by atoms with van der Waals surface area (Å²) in [5.74, 6) is -0.530. The molecule has 0 atom stereocenters. The van der Waals surface area contributed by atoms with Crippen LogP contribution in [0.25, 0.3) is 0 Å². The lowest BCUT2D eigenvalue weighted by atomic mass is 10.4. The van der Waals surface area contributed by atoms with Gasteiger partial charge < -0.3 is 5.73 Å². The Morgan fingerprint density at radius 2 is 2.09 bits per heavy atom. The van der Waals surface area contributed by atoms with Gasteiger partial charge in [-0.2, -0.15) is 0 Å². The van der Waals surface area contributed by atoms with E-state index in [1.807, 2.05) is 0 Å². The zero-order valence-corrected chi connectivity index (χ0v) is 7.06. The first-order chi connectivity index (χ1) is 4.30. The van der Waals surface area contributed by atoms with Crippen molar-refractivity contribution in [2.24, 2.45) is 5.73 Å². The summed E-state index contributed by atoms with van der Waals surface area (Å²) in [7, 11) is 0.